The van der Waals surface area contributed by atoms with Crippen molar-refractivity contribution in [3.63, 3.8) is 0 Å². The molecule has 0 saturated heterocycles. The number of fused-ring (bicyclic) bond motifs is 2. The lowest BCUT2D eigenvalue weighted by atomic mass is 9.94. The van der Waals surface area contributed by atoms with Crippen LogP contribution in [0.4, 0.5) is 4.39 Å². The Morgan fingerprint density at radius 2 is 1.76 bits per heavy atom. The molecule has 1 saturated carbocycles. The van der Waals surface area contributed by atoms with Crippen molar-refractivity contribution in [1.29, 1.82) is 0 Å². The number of hydrogen-bond acceptors (Lipinski definition) is 2. The molecular weight excluding hydrogens is 417 g/mol. The first-order valence-corrected chi connectivity index (χ1v) is 11.3. The summed E-state index contributed by atoms with van der Waals surface area (Å²) in [6.45, 7) is -0.250. The average molecular weight is 444 g/mol. The molecule has 0 radical (unpaired) electrons. The second-order valence-electron chi connectivity index (χ2n) is 8.75. The third-order valence-corrected chi connectivity index (χ3v) is 6.71. The summed E-state index contributed by atoms with van der Waals surface area (Å²) in [4.78, 5) is 8.36. The van der Waals surface area contributed by atoms with Gasteiger partial charge in [0.25, 0.3) is 6.47 Å². The molecule has 0 bridgehead atoms. The fourth-order valence-electron chi connectivity index (χ4n) is 4.98. The summed E-state index contributed by atoms with van der Waals surface area (Å²) in [6, 6.07) is 20.4. The van der Waals surface area contributed by atoms with Crippen LogP contribution in [0.1, 0.15) is 48.0 Å². The maximum absolute atomic E-state index is 15.0. The van der Waals surface area contributed by atoms with E-state index in [1.54, 1.807) is 6.07 Å². The van der Waals surface area contributed by atoms with Gasteiger partial charge in [-0.05, 0) is 84.2 Å². The molecule has 168 valence electrons. The second-order valence-corrected chi connectivity index (χ2v) is 8.75. The van der Waals surface area contributed by atoms with E-state index in [0.717, 1.165) is 41.2 Å². The monoisotopic (exact) mass is 443 g/mol. The highest BCUT2D eigenvalue weighted by Crippen LogP contribution is 2.44. The van der Waals surface area contributed by atoms with E-state index in [0.29, 0.717) is 0 Å². The predicted molar refractivity (Wildman–Crippen MR) is 127 cm³/mol. The van der Waals surface area contributed by atoms with Crippen LogP contribution in [0.3, 0.4) is 0 Å². The molecule has 1 heterocycles. The Balaban J connectivity index is 0.000000724. The van der Waals surface area contributed by atoms with E-state index in [1.165, 1.54) is 34.9 Å². The number of aryl methyl sites for hydroxylation is 1. The standard InChI is InChI=1S/C27H24FNO.CH2O2/c1-29-16-15-22-20(3-2-4-25(22)29)21-11-13-24(28)27-23(21)12-14-26(27)30-19-9-7-18(8-10-19)17-5-6-17;2-1-3/h2-4,7-11,13,15-17,26H,5-6,12,14H2,1H3;1H,(H,2,3). The van der Waals surface area contributed by atoms with Crippen molar-refractivity contribution in [3.05, 3.63) is 89.4 Å². The predicted octanol–water partition coefficient (Wildman–Crippen LogP) is 6.63. The van der Waals surface area contributed by atoms with E-state index in [2.05, 4.69) is 54.2 Å². The van der Waals surface area contributed by atoms with Crippen molar-refractivity contribution in [2.24, 2.45) is 7.05 Å². The minimum Gasteiger partial charge on any atom is -0.486 e. The normalized spacial score (nSPS) is 16.7. The quantitative estimate of drug-likeness (QED) is 0.360. The number of hydrogen-bond donors (Lipinski definition) is 1. The summed E-state index contributed by atoms with van der Waals surface area (Å²) in [5, 5.41) is 8.09. The van der Waals surface area contributed by atoms with Gasteiger partial charge in [0.2, 0.25) is 0 Å². The number of rotatable bonds is 4. The van der Waals surface area contributed by atoms with Crippen molar-refractivity contribution < 1.29 is 19.0 Å². The number of ether oxygens (including phenoxy) is 1. The zero-order chi connectivity index (χ0) is 22.9. The number of carbonyl (C=O) groups is 1. The van der Waals surface area contributed by atoms with E-state index in [4.69, 9.17) is 14.6 Å². The molecule has 1 aromatic heterocycles. The molecule has 0 amide bonds. The first-order valence-electron chi connectivity index (χ1n) is 11.3. The van der Waals surface area contributed by atoms with Crippen LogP contribution in [-0.2, 0) is 18.3 Å². The lowest BCUT2D eigenvalue weighted by Crippen LogP contribution is -2.06. The summed E-state index contributed by atoms with van der Waals surface area (Å²) >= 11 is 0. The van der Waals surface area contributed by atoms with E-state index in [9.17, 15) is 4.39 Å². The van der Waals surface area contributed by atoms with Crippen LogP contribution in [0, 0.1) is 5.82 Å². The van der Waals surface area contributed by atoms with Gasteiger partial charge in [-0.25, -0.2) is 4.39 Å². The smallest absolute Gasteiger partial charge is 0.290 e. The zero-order valence-corrected chi connectivity index (χ0v) is 18.5. The topological polar surface area (TPSA) is 51.5 Å². The molecule has 1 unspecified atom stereocenters. The molecule has 4 aromatic rings. The van der Waals surface area contributed by atoms with Crippen molar-refractivity contribution >= 4 is 17.4 Å². The summed E-state index contributed by atoms with van der Waals surface area (Å²) in [5.41, 5.74) is 6.68. The molecule has 1 atom stereocenters. The Morgan fingerprint density at radius 3 is 2.48 bits per heavy atom. The van der Waals surface area contributed by atoms with Gasteiger partial charge in [-0.15, -0.1) is 0 Å². The highest BCUT2D eigenvalue weighted by Gasteiger charge is 2.31. The van der Waals surface area contributed by atoms with Gasteiger partial charge in [0.1, 0.15) is 17.7 Å². The van der Waals surface area contributed by atoms with Crippen LogP contribution in [0.25, 0.3) is 22.0 Å². The lowest BCUT2D eigenvalue weighted by Gasteiger charge is -2.17. The fourth-order valence-corrected chi connectivity index (χ4v) is 4.98. The van der Waals surface area contributed by atoms with Crippen molar-refractivity contribution in [1.82, 2.24) is 4.57 Å². The fraction of sp³-hybridized carbons (Fsp3) is 0.250. The molecule has 6 rings (SSSR count). The minimum absolute atomic E-state index is 0.161. The SMILES string of the molecule is Cn1ccc2c(-c3ccc(F)c4c3CCC4Oc3ccc(C4CC4)cc3)cccc21.O=CO. The molecule has 5 heteroatoms. The minimum atomic E-state index is -0.250. The Hall–Kier alpha value is -3.60. The van der Waals surface area contributed by atoms with Crippen LogP contribution in [-0.4, -0.2) is 16.1 Å². The molecule has 1 N–H and O–H groups in total. The highest BCUT2D eigenvalue weighted by molar-refractivity contribution is 5.96. The van der Waals surface area contributed by atoms with Crippen molar-refractivity contribution in [2.45, 2.75) is 37.7 Å². The van der Waals surface area contributed by atoms with E-state index >= 15 is 0 Å². The number of aromatic nitrogens is 1. The maximum atomic E-state index is 15.0. The first-order chi connectivity index (χ1) is 16.1. The van der Waals surface area contributed by atoms with Crippen LogP contribution < -0.4 is 4.74 Å². The van der Waals surface area contributed by atoms with Gasteiger partial charge in [0.15, 0.2) is 0 Å². The third-order valence-electron chi connectivity index (χ3n) is 6.71. The Morgan fingerprint density at radius 1 is 1.00 bits per heavy atom. The van der Waals surface area contributed by atoms with Crippen LogP contribution in [0.5, 0.6) is 5.75 Å². The van der Waals surface area contributed by atoms with E-state index in [-0.39, 0.29) is 18.4 Å². The Bertz CT molecular complexity index is 1300. The van der Waals surface area contributed by atoms with Gasteiger partial charge in [0.05, 0.1) is 0 Å². The molecule has 2 aliphatic carbocycles. The largest absolute Gasteiger partial charge is 0.486 e. The van der Waals surface area contributed by atoms with Gasteiger partial charge in [-0.3, -0.25) is 4.79 Å². The van der Waals surface area contributed by atoms with Crippen molar-refractivity contribution in [2.75, 3.05) is 0 Å². The number of carboxylic acid groups (broad SMARTS) is 1. The number of benzene rings is 3. The van der Waals surface area contributed by atoms with Gasteiger partial charge < -0.3 is 14.4 Å². The Labute approximate surface area is 192 Å². The van der Waals surface area contributed by atoms with Gasteiger partial charge in [-0.1, -0.05) is 30.3 Å². The molecular formula is C28H26FNO3. The summed E-state index contributed by atoms with van der Waals surface area (Å²) in [7, 11) is 2.06. The summed E-state index contributed by atoms with van der Waals surface area (Å²) in [5.74, 6) is 1.39. The maximum Gasteiger partial charge on any atom is 0.290 e. The summed E-state index contributed by atoms with van der Waals surface area (Å²) < 4.78 is 23.4. The molecule has 0 spiro atoms. The van der Waals surface area contributed by atoms with Crippen LogP contribution in [0.2, 0.25) is 0 Å². The van der Waals surface area contributed by atoms with Gasteiger partial charge in [-0.2, -0.15) is 0 Å². The molecule has 2 aliphatic rings. The summed E-state index contributed by atoms with van der Waals surface area (Å²) in [6.07, 6.45) is 6.06. The number of halogens is 1. The van der Waals surface area contributed by atoms with Crippen LogP contribution in [0.15, 0.2) is 66.9 Å². The third kappa shape index (κ3) is 3.99. The molecule has 1 fully saturated rings. The zero-order valence-electron chi connectivity index (χ0n) is 18.5. The van der Waals surface area contributed by atoms with Gasteiger partial charge >= 0.3 is 0 Å². The Kier molecular flexibility index (Phi) is 5.63. The molecule has 3 aromatic carbocycles. The second kappa shape index (κ2) is 8.74. The average Bonchev–Trinajstić information content (AvgIpc) is 3.48. The highest BCUT2D eigenvalue weighted by atomic mass is 19.1. The van der Waals surface area contributed by atoms with E-state index in [1.807, 2.05) is 18.2 Å². The number of nitrogens with zero attached hydrogens (tertiary/aromatic N) is 1. The van der Waals surface area contributed by atoms with Crippen LogP contribution >= 0.6 is 0 Å². The molecule has 0 aliphatic heterocycles. The van der Waals surface area contributed by atoms with Gasteiger partial charge in [0, 0.05) is 29.7 Å². The lowest BCUT2D eigenvalue weighted by molar-refractivity contribution is -0.122. The molecule has 33 heavy (non-hydrogen) atoms. The molecule has 4 nitrogen and oxygen atoms in total. The first kappa shape index (κ1) is 21.3. The van der Waals surface area contributed by atoms with Crippen molar-refractivity contribution in [3.8, 4) is 16.9 Å². The van der Waals surface area contributed by atoms with E-state index < -0.39 is 0 Å².